The van der Waals surface area contributed by atoms with E-state index in [2.05, 4.69) is 0 Å². The summed E-state index contributed by atoms with van der Waals surface area (Å²) in [6.45, 7) is 4.07. The molecule has 5 heteroatoms. The Bertz CT molecular complexity index is 1120. The first-order valence-corrected chi connectivity index (χ1v) is 10.5. The summed E-state index contributed by atoms with van der Waals surface area (Å²) in [5, 5.41) is 0.646. The van der Waals surface area contributed by atoms with Gasteiger partial charge in [0, 0.05) is 0 Å². The first-order valence-electron chi connectivity index (χ1n) is 9.63. The SMILES string of the molecule is COc1ccc(/C=C2/SC(=Nc3ccc(C)cc3)N(c3ccc(C)cc3)C2=O)cc1. The second-order valence-corrected chi connectivity index (χ2v) is 8.10. The Morgan fingerprint density at radius 1 is 0.867 bits per heavy atom. The molecule has 1 heterocycles. The van der Waals surface area contributed by atoms with Gasteiger partial charge in [-0.2, -0.15) is 0 Å². The number of hydrogen-bond acceptors (Lipinski definition) is 4. The number of rotatable bonds is 4. The number of carbonyl (C=O) groups is 1. The summed E-state index contributed by atoms with van der Waals surface area (Å²) in [4.78, 5) is 20.4. The molecule has 0 aromatic heterocycles. The number of benzene rings is 3. The Morgan fingerprint density at radius 2 is 1.47 bits per heavy atom. The molecule has 1 aliphatic rings. The van der Waals surface area contributed by atoms with Crippen molar-refractivity contribution in [3.05, 3.63) is 94.4 Å². The van der Waals surface area contributed by atoms with Crippen LogP contribution in [0.2, 0.25) is 0 Å². The van der Waals surface area contributed by atoms with E-state index in [1.165, 1.54) is 17.3 Å². The number of aryl methyl sites for hydroxylation is 2. The van der Waals surface area contributed by atoms with E-state index in [4.69, 9.17) is 9.73 Å². The maximum atomic E-state index is 13.3. The summed E-state index contributed by atoms with van der Waals surface area (Å²) < 4.78 is 5.22. The molecule has 4 rings (SSSR count). The fourth-order valence-corrected chi connectivity index (χ4v) is 4.05. The van der Waals surface area contributed by atoms with Crippen LogP contribution in [0.25, 0.3) is 6.08 Å². The average Bonchev–Trinajstić information content (AvgIpc) is 3.05. The standard InChI is InChI=1S/C25H22N2O2S/c1-17-4-10-20(11-5-17)26-25-27(21-12-6-18(2)7-13-21)24(28)23(30-25)16-19-8-14-22(29-3)15-9-19/h4-16H,1-3H3/b23-16+,26-25?. The quantitative estimate of drug-likeness (QED) is 0.483. The lowest BCUT2D eigenvalue weighted by Crippen LogP contribution is -2.28. The maximum absolute atomic E-state index is 13.3. The molecule has 0 spiro atoms. The molecule has 1 aliphatic heterocycles. The molecule has 30 heavy (non-hydrogen) atoms. The van der Waals surface area contributed by atoms with Crippen LogP contribution in [-0.4, -0.2) is 18.2 Å². The molecule has 3 aromatic rings. The van der Waals surface area contributed by atoms with Crippen LogP contribution in [0.1, 0.15) is 16.7 Å². The van der Waals surface area contributed by atoms with Crippen molar-refractivity contribution in [2.24, 2.45) is 4.99 Å². The van der Waals surface area contributed by atoms with Crippen molar-refractivity contribution in [3.63, 3.8) is 0 Å². The summed E-state index contributed by atoms with van der Waals surface area (Å²) in [7, 11) is 1.64. The molecule has 0 radical (unpaired) electrons. The number of thioether (sulfide) groups is 1. The predicted octanol–water partition coefficient (Wildman–Crippen LogP) is 6.12. The lowest BCUT2D eigenvalue weighted by molar-refractivity contribution is -0.113. The Morgan fingerprint density at radius 3 is 2.07 bits per heavy atom. The number of aliphatic imine (C=N–C) groups is 1. The normalized spacial score (nSPS) is 16.5. The largest absolute Gasteiger partial charge is 0.497 e. The number of amides is 1. The number of hydrogen-bond donors (Lipinski definition) is 0. The van der Waals surface area contributed by atoms with Crippen molar-refractivity contribution in [2.75, 3.05) is 12.0 Å². The molecule has 0 bridgehead atoms. The third kappa shape index (κ3) is 4.31. The highest BCUT2D eigenvalue weighted by Gasteiger charge is 2.34. The minimum Gasteiger partial charge on any atom is -0.497 e. The third-order valence-electron chi connectivity index (χ3n) is 4.77. The Kier molecular flexibility index (Phi) is 5.72. The van der Waals surface area contributed by atoms with Crippen LogP contribution >= 0.6 is 11.8 Å². The molecular formula is C25H22N2O2S. The van der Waals surface area contributed by atoms with Crippen molar-refractivity contribution in [1.82, 2.24) is 0 Å². The molecule has 4 nitrogen and oxygen atoms in total. The minimum absolute atomic E-state index is 0.0782. The molecule has 1 amide bonds. The van der Waals surface area contributed by atoms with Gasteiger partial charge >= 0.3 is 0 Å². The Labute approximate surface area is 180 Å². The van der Waals surface area contributed by atoms with E-state index in [9.17, 15) is 4.79 Å². The highest BCUT2D eigenvalue weighted by Crippen LogP contribution is 2.37. The monoisotopic (exact) mass is 414 g/mol. The van der Waals surface area contributed by atoms with Gasteiger partial charge in [-0.1, -0.05) is 47.5 Å². The van der Waals surface area contributed by atoms with Gasteiger partial charge in [-0.05, 0) is 73.6 Å². The van der Waals surface area contributed by atoms with Gasteiger partial charge < -0.3 is 4.74 Å². The van der Waals surface area contributed by atoms with Crippen molar-refractivity contribution >= 4 is 40.3 Å². The Hall–Kier alpha value is -3.31. The van der Waals surface area contributed by atoms with E-state index >= 15 is 0 Å². The van der Waals surface area contributed by atoms with Gasteiger partial charge in [0.2, 0.25) is 0 Å². The summed E-state index contributed by atoms with van der Waals surface area (Å²) in [5.74, 6) is 0.705. The molecule has 0 unspecified atom stereocenters. The molecule has 0 aliphatic carbocycles. The lowest BCUT2D eigenvalue weighted by Gasteiger charge is -2.16. The van der Waals surface area contributed by atoms with Crippen molar-refractivity contribution < 1.29 is 9.53 Å². The lowest BCUT2D eigenvalue weighted by atomic mass is 10.2. The van der Waals surface area contributed by atoms with Gasteiger partial charge in [-0.15, -0.1) is 0 Å². The van der Waals surface area contributed by atoms with Crippen LogP contribution in [0.15, 0.2) is 82.7 Å². The number of methoxy groups -OCH3 is 1. The summed E-state index contributed by atoms with van der Waals surface area (Å²) >= 11 is 1.39. The van der Waals surface area contributed by atoms with E-state index in [0.29, 0.717) is 10.1 Å². The fourth-order valence-electron chi connectivity index (χ4n) is 3.05. The van der Waals surface area contributed by atoms with Crippen LogP contribution < -0.4 is 9.64 Å². The molecule has 1 fully saturated rings. The van der Waals surface area contributed by atoms with Gasteiger partial charge in [0.15, 0.2) is 5.17 Å². The highest BCUT2D eigenvalue weighted by molar-refractivity contribution is 8.19. The smallest absolute Gasteiger partial charge is 0.271 e. The van der Waals surface area contributed by atoms with Crippen LogP contribution in [-0.2, 0) is 4.79 Å². The van der Waals surface area contributed by atoms with Crippen LogP contribution in [0.5, 0.6) is 5.75 Å². The third-order valence-corrected chi connectivity index (χ3v) is 5.74. The Balaban J connectivity index is 1.74. The molecule has 1 saturated heterocycles. The highest BCUT2D eigenvalue weighted by atomic mass is 32.2. The van der Waals surface area contributed by atoms with E-state index in [-0.39, 0.29) is 5.91 Å². The molecule has 150 valence electrons. The van der Waals surface area contributed by atoms with Gasteiger partial charge in [0.25, 0.3) is 5.91 Å². The number of ether oxygens (including phenoxy) is 1. The molecular weight excluding hydrogens is 392 g/mol. The van der Waals surface area contributed by atoms with E-state index in [0.717, 1.165) is 28.3 Å². The number of carbonyl (C=O) groups excluding carboxylic acids is 1. The summed E-state index contributed by atoms with van der Waals surface area (Å²) in [6, 6.07) is 23.5. The van der Waals surface area contributed by atoms with Gasteiger partial charge in [-0.3, -0.25) is 9.69 Å². The number of anilines is 1. The van der Waals surface area contributed by atoms with Crippen molar-refractivity contribution in [1.29, 1.82) is 0 Å². The molecule has 0 N–H and O–H groups in total. The maximum Gasteiger partial charge on any atom is 0.271 e. The van der Waals surface area contributed by atoms with Gasteiger partial charge in [0.05, 0.1) is 23.4 Å². The van der Waals surface area contributed by atoms with Crippen LogP contribution in [0, 0.1) is 13.8 Å². The average molecular weight is 415 g/mol. The van der Waals surface area contributed by atoms with Gasteiger partial charge in [-0.25, -0.2) is 4.99 Å². The first kappa shape index (κ1) is 20.0. The zero-order valence-corrected chi connectivity index (χ0v) is 17.9. The summed E-state index contributed by atoms with van der Waals surface area (Å²) in [6.07, 6.45) is 1.89. The molecule has 0 saturated carbocycles. The van der Waals surface area contributed by atoms with Gasteiger partial charge in [0.1, 0.15) is 5.75 Å². The minimum atomic E-state index is -0.0782. The van der Waals surface area contributed by atoms with Crippen molar-refractivity contribution in [2.45, 2.75) is 13.8 Å². The molecule has 0 atom stereocenters. The predicted molar refractivity (Wildman–Crippen MR) is 126 cm³/mol. The zero-order chi connectivity index (χ0) is 21.1. The van der Waals surface area contributed by atoms with E-state index in [1.54, 1.807) is 12.0 Å². The first-order chi connectivity index (χ1) is 14.5. The van der Waals surface area contributed by atoms with Crippen LogP contribution in [0.4, 0.5) is 11.4 Å². The second kappa shape index (κ2) is 8.59. The second-order valence-electron chi connectivity index (χ2n) is 7.09. The number of nitrogens with zero attached hydrogens (tertiary/aromatic N) is 2. The fraction of sp³-hybridized carbons (Fsp3) is 0.120. The summed E-state index contributed by atoms with van der Waals surface area (Å²) in [5.41, 5.74) is 4.88. The molecule has 3 aromatic carbocycles. The zero-order valence-electron chi connectivity index (χ0n) is 17.1. The van der Waals surface area contributed by atoms with Crippen LogP contribution in [0.3, 0.4) is 0 Å². The van der Waals surface area contributed by atoms with E-state index < -0.39 is 0 Å². The van der Waals surface area contributed by atoms with E-state index in [1.807, 2.05) is 92.7 Å². The topological polar surface area (TPSA) is 41.9 Å². The van der Waals surface area contributed by atoms with Crippen molar-refractivity contribution in [3.8, 4) is 5.75 Å². The number of amidine groups is 1.